The van der Waals surface area contributed by atoms with Gasteiger partial charge in [0.1, 0.15) is 5.75 Å². The van der Waals surface area contributed by atoms with Crippen molar-refractivity contribution in [3.63, 3.8) is 0 Å². The highest BCUT2D eigenvalue weighted by Crippen LogP contribution is 2.47. The second kappa shape index (κ2) is 4.69. The summed E-state index contributed by atoms with van der Waals surface area (Å²) in [5, 5.41) is 9.59. The monoisotopic (exact) mass is 298 g/mol. The Morgan fingerprint density at radius 2 is 2.06 bits per heavy atom. The number of methoxy groups -OCH3 is 1. The summed E-state index contributed by atoms with van der Waals surface area (Å²) in [6.45, 7) is 0. The number of carboxylic acids is 1. The van der Waals surface area contributed by atoms with Crippen LogP contribution in [0.1, 0.15) is 31.2 Å². The van der Waals surface area contributed by atoms with E-state index in [9.17, 15) is 9.90 Å². The minimum atomic E-state index is -0.786. The molecule has 0 atom stereocenters. The molecule has 0 bridgehead atoms. The lowest BCUT2D eigenvalue weighted by Crippen LogP contribution is -2.33. The van der Waals surface area contributed by atoms with Gasteiger partial charge in [-0.25, -0.2) is 0 Å². The minimum Gasteiger partial charge on any atom is -0.496 e. The smallest absolute Gasteiger partial charge is 0.314 e. The molecule has 1 aromatic rings. The van der Waals surface area contributed by atoms with Gasteiger partial charge in [0.15, 0.2) is 0 Å². The molecule has 0 aromatic heterocycles. The van der Waals surface area contributed by atoms with Crippen molar-refractivity contribution < 1.29 is 14.6 Å². The van der Waals surface area contributed by atoms with Crippen molar-refractivity contribution in [2.75, 3.05) is 7.11 Å². The SMILES string of the molecule is COc1cccc(Br)c1C1(C(=O)O)CCCC1. The van der Waals surface area contributed by atoms with Crippen molar-refractivity contribution >= 4 is 21.9 Å². The minimum absolute atomic E-state index is 0.656. The number of carboxylic acid groups (broad SMARTS) is 1. The number of rotatable bonds is 3. The molecular formula is C13H15BrO3. The molecule has 1 N–H and O–H groups in total. The van der Waals surface area contributed by atoms with Crippen LogP contribution in [-0.4, -0.2) is 18.2 Å². The first-order valence-electron chi connectivity index (χ1n) is 5.68. The van der Waals surface area contributed by atoms with Crippen LogP contribution in [0.5, 0.6) is 5.75 Å². The van der Waals surface area contributed by atoms with E-state index < -0.39 is 11.4 Å². The van der Waals surface area contributed by atoms with Gasteiger partial charge in [-0.2, -0.15) is 0 Å². The zero-order chi connectivity index (χ0) is 12.5. The van der Waals surface area contributed by atoms with Gasteiger partial charge >= 0.3 is 5.97 Å². The Labute approximate surface area is 109 Å². The van der Waals surface area contributed by atoms with E-state index in [0.717, 1.165) is 22.9 Å². The molecule has 0 heterocycles. The zero-order valence-electron chi connectivity index (χ0n) is 9.70. The van der Waals surface area contributed by atoms with Crippen molar-refractivity contribution in [3.05, 3.63) is 28.2 Å². The highest BCUT2D eigenvalue weighted by Gasteiger charge is 2.45. The van der Waals surface area contributed by atoms with Gasteiger partial charge in [-0.1, -0.05) is 34.8 Å². The predicted molar refractivity (Wildman–Crippen MR) is 68.5 cm³/mol. The number of aliphatic carboxylic acids is 1. The summed E-state index contributed by atoms with van der Waals surface area (Å²) in [5.41, 5.74) is -0.00155. The number of hydrogen-bond donors (Lipinski definition) is 1. The van der Waals surface area contributed by atoms with Gasteiger partial charge in [-0.15, -0.1) is 0 Å². The van der Waals surface area contributed by atoms with Gasteiger partial charge in [0.25, 0.3) is 0 Å². The second-order valence-electron chi connectivity index (χ2n) is 4.41. The molecule has 1 fully saturated rings. The van der Waals surface area contributed by atoms with E-state index >= 15 is 0 Å². The lowest BCUT2D eigenvalue weighted by atomic mass is 9.78. The number of halogens is 1. The molecule has 1 saturated carbocycles. The van der Waals surface area contributed by atoms with E-state index in [-0.39, 0.29) is 0 Å². The Bertz CT molecular complexity index is 436. The summed E-state index contributed by atoms with van der Waals surface area (Å²) >= 11 is 3.46. The standard InChI is InChI=1S/C13H15BrO3/c1-17-10-6-4-5-9(14)11(10)13(12(15)16)7-2-3-8-13/h4-6H,2-3,7-8H2,1H3,(H,15,16). The molecule has 1 aliphatic rings. The first-order valence-corrected chi connectivity index (χ1v) is 6.47. The molecule has 17 heavy (non-hydrogen) atoms. The van der Waals surface area contributed by atoms with Crippen molar-refractivity contribution in [2.24, 2.45) is 0 Å². The fourth-order valence-corrected chi connectivity index (χ4v) is 3.42. The van der Waals surface area contributed by atoms with E-state index in [2.05, 4.69) is 15.9 Å². The molecule has 1 aromatic carbocycles. The normalized spacial score (nSPS) is 18.0. The van der Waals surface area contributed by atoms with Crippen LogP contribution in [0.4, 0.5) is 0 Å². The van der Waals surface area contributed by atoms with Crippen LogP contribution in [-0.2, 0) is 10.2 Å². The Morgan fingerprint density at radius 1 is 1.41 bits per heavy atom. The third-order valence-electron chi connectivity index (χ3n) is 3.54. The lowest BCUT2D eigenvalue weighted by Gasteiger charge is -2.27. The summed E-state index contributed by atoms with van der Waals surface area (Å²) in [7, 11) is 1.58. The van der Waals surface area contributed by atoms with E-state index in [4.69, 9.17) is 4.74 Å². The molecule has 0 amide bonds. The molecule has 0 saturated heterocycles. The highest BCUT2D eigenvalue weighted by atomic mass is 79.9. The van der Waals surface area contributed by atoms with Gasteiger partial charge in [-0.3, -0.25) is 4.79 Å². The Balaban J connectivity index is 2.61. The molecule has 4 heteroatoms. The maximum atomic E-state index is 11.7. The van der Waals surface area contributed by atoms with E-state index in [1.165, 1.54) is 0 Å². The topological polar surface area (TPSA) is 46.5 Å². The molecule has 3 nitrogen and oxygen atoms in total. The molecule has 0 radical (unpaired) electrons. The summed E-state index contributed by atoms with van der Waals surface area (Å²) < 4.78 is 6.14. The molecule has 0 aliphatic heterocycles. The van der Waals surface area contributed by atoms with Gasteiger partial charge in [-0.05, 0) is 25.0 Å². The molecule has 2 rings (SSSR count). The van der Waals surface area contributed by atoms with E-state index in [1.807, 2.05) is 18.2 Å². The van der Waals surface area contributed by atoms with Gasteiger partial charge in [0.05, 0.1) is 12.5 Å². The van der Waals surface area contributed by atoms with Crippen LogP contribution in [0.15, 0.2) is 22.7 Å². The molecule has 92 valence electrons. The first-order chi connectivity index (χ1) is 8.12. The molecular weight excluding hydrogens is 284 g/mol. The van der Waals surface area contributed by atoms with E-state index in [0.29, 0.717) is 18.6 Å². The van der Waals surface area contributed by atoms with Crippen LogP contribution in [0.2, 0.25) is 0 Å². The number of ether oxygens (including phenoxy) is 1. The largest absolute Gasteiger partial charge is 0.496 e. The Hall–Kier alpha value is -1.03. The van der Waals surface area contributed by atoms with Crippen LogP contribution >= 0.6 is 15.9 Å². The molecule has 0 unspecified atom stereocenters. The Kier molecular flexibility index (Phi) is 3.43. The zero-order valence-corrected chi connectivity index (χ0v) is 11.3. The van der Waals surface area contributed by atoms with Crippen molar-refractivity contribution in [1.82, 2.24) is 0 Å². The number of carbonyl (C=O) groups is 1. The summed E-state index contributed by atoms with van der Waals surface area (Å²) in [5.74, 6) is -0.0936. The van der Waals surface area contributed by atoms with Gasteiger partial charge in [0.2, 0.25) is 0 Å². The van der Waals surface area contributed by atoms with Crippen molar-refractivity contribution in [3.8, 4) is 5.75 Å². The summed E-state index contributed by atoms with van der Waals surface area (Å²) in [4.78, 5) is 11.7. The van der Waals surface area contributed by atoms with E-state index in [1.54, 1.807) is 7.11 Å². The maximum Gasteiger partial charge on any atom is 0.314 e. The van der Waals surface area contributed by atoms with Gasteiger partial charge in [0, 0.05) is 10.0 Å². The molecule has 1 aliphatic carbocycles. The average molecular weight is 299 g/mol. The predicted octanol–water partition coefficient (Wildman–Crippen LogP) is 3.35. The fraction of sp³-hybridized carbons (Fsp3) is 0.462. The highest BCUT2D eigenvalue weighted by molar-refractivity contribution is 9.10. The van der Waals surface area contributed by atoms with Crippen molar-refractivity contribution in [1.29, 1.82) is 0 Å². The quantitative estimate of drug-likeness (QED) is 0.931. The second-order valence-corrected chi connectivity index (χ2v) is 5.27. The lowest BCUT2D eigenvalue weighted by molar-refractivity contribution is -0.143. The Morgan fingerprint density at radius 3 is 2.59 bits per heavy atom. The van der Waals surface area contributed by atoms with Crippen LogP contribution in [0.25, 0.3) is 0 Å². The maximum absolute atomic E-state index is 11.7. The van der Waals surface area contributed by atoms with Gasteiger partial charge < -0.3 is 9.84 Å². The third kappa shape index (κ3) is 1.95. The van der Waals surface area contributed by atoms with Crippen LogP contribution < -0.4 is 4.74 Å². The number of hydrogen-bond acceptors (Lipinski definition) is 2. The summed E-state index contributed by atoms with van der Waals surface area (Å²) in [6, 6.07) is 5.56. The average Bonchev–Trinajstić information content (AvgIpc) is 2.78. The first kappa shape index (κ1) is 12.4. The van der Waals surface area contributed by atoms with Crippen LogP contribution in [0.3, 0.4) is 0 Å². The van der Waals surface area contributed by atoms with Crippen molar-refractivity contribution in [2.45, 2.75) is 31.1 Å². The van der Waals surface area contributed by atoms with Crippen LogP contribution in [0, 0.1) is 0 Å². The summed E-state index contributed by atoms with van der Waals surface area (Å²) in [6.07, 6.45) is 3.27. The number of benzene rings is 1. The fourth-order valence-electron chi connectivity index (χ4n) is 2.69. The third-order valence-corrected chi connectivity index (χ3v) is 4.20. The molecule has 0 spiro atoms.